The van der Waals surface area contributed by atoms with Crippen molar-refractivity contribution in [2.75, 3.05) is 6.61 Å². The van der Waals surface area contributed by atoms with Gasteiger partial charge in [-0.2, -0.15) is 0 Å². The summed E-state index contributed by atoms with van der Waals surface area (Å²) in [5.74, 6) is -1.39. The van der Waals surface area contributed by atoms with Gasteiger partial charge in [-0.3, -0.25) is 4.79 Å². The number of halogens is 1. The lowest BCUT2D eigenvalue weighted by Crippen LogP contribution is -2.76. The van der Waals surface area contributed by atoms with Crippen molar-refractivity contribution in [3.05, 3.63) is 33.3 Å². The number of ether oxygens (including phenoxy) is 1. The van der Waals surface area contributed by atoms with E-state index in [1.165, 1.54) is 0 Å². The van der Waals surface area contributed by atoms with Gasteiger partial charge in [-0.15, -0.1) is 0 Å². The molecular formula is C18H24BrNO4. The molecule has 1 saturated carbocycles. The minimum absolute atomic E-state index is 0.188. The lowest BCUT2D eigenvalue weighted by molar-refractivity contribution is -0.190. The van der Waals surface area contributed by atoms with E-state index in [1.54, 1.807) is 6.07 Å². The average molecular weight is 398 g/mol. The normalized spacial score (nSPS) is 25.0. The summed E-state index contributed by atoms with van der Waals surface area (Å²) in [6.07, 6.45) is 0.0790. The number of hydrogen-bond donors (Lipinski definition) is 2. The van der Waals surface area contributed by atoms with Crippen molar-refractivity contribution in [2.24, 2.45) is 5.41 Å². The van der Waals surface area contributed by atoms with E-state index in [4.69, 9.17) is 4.74 Å². The molecule has 0 saturated heterocycles. The number of aryl methyl sites for hydroxylation is 2. The Morgan fingerprint density at radius 3 is 2.46 bits per heavy atom. The third-order valence-electron chi connectivity index (χ3n) is 5.21. The number of benzene rings is 1. The number of hydrogen-bond acceptors (Lipinski definition) is 3. The highest BCUT2D eigenvalue weighted by atomic mass is 79.9. The second-order valence-corrected chi connectivity index (χ2v) is 7.81. The summed E-state index contributed by atoms with van der Waals surface area (Å²) >= 11 is 3.44. The predicted molar refractivity (Wildman–Crippen MR) is 95.3 cm³/mol. The van der Waals surface area contributed by atoms with Crippen LogP contribution in [0.2, 0.25) is 0 Å². The summed E-state index contributed by atoms with van der Waals surface area (Å²) in [5, 5.41) is 12.6. The van der Waals surface area contributed by atoms with Crippen LogP contribution in [0.15, 0.2) is 16.6 Å². The summed E-state index contributed by atoms with van der Waals surface area (Å²) in [5.41, 5.74) is 0.200. The molecule has 1 aliphatic rings. The first-order valence-electron chi connectivity index (χ1n) is 8.01. The van der Waals surface area contributed by atoms with Crippen LogP contribution in [0.4, 0.5) is 0 Å². The van der Waals surface area contributed by atoms with Crippen LogP contribution in [0, 0.1) is 19.3 Å². The van der Waals surface area contributed by atoms with Crippen LogP contribution >= 0.6 is 15.9 Å². The fourth-order valence-electron chi connectivity index (χ4n) is 3.32. The molecule has 6 heteroatoms. The number of carboxylic acids is 1. The van der Waals surface area contributed by atoms with Gasteiger partial charge in [0.25, 0.3) is 5.91 Å². The molecule has 1 amide bonds. The molecule has 0 spiro atoms. The Morgan fingerprint density at radius 1 is 1.33 bits per heavy atom. The molecule has 0 aliphatic heterocycles. The second kappa shape index (κ2) is 6.48. The van der Waals surface area contributed by atoms with E-state index in [1.807, 2.05) is 40.7 Å². The molecule has 0 heterocycles. The van der Waals surface area contributed by atoms with Gasteiger partial charge in [0.1, 0.15) is 5.54 Å². The Balaban J connectivity index is 2.32. The monoisotopic (exact) mass is 397 g/mol. The van der Waals surface area contributed by atoms with Crippen LogP contribution in [0.1, 0.15) is 48.7 Å². The topological polar surface area (TPSA) is 75.6 Å². The smallest absolute Gasteiger partial charge is 0.330 e. The van der Waals surface area contributed by atoms with Crippen molar-refractivity contribution < 1.29 is 19.4 Å². The molecular weight excluding hydrogens is 374 g/mol. The SMILES string of the molecule is CCOC1CC(NC(=O)c2cc(C)c(Br)cc2C)(C(=O)O)C1(C)C. The highest BCUT2D eigenvalue weighted by Crippen LogP contribution is 2.51. The molecule has 1 aromatic carbocycles. The van der Waals surface area contributed by atoms with Crippen LogP contribution in [0.25, 0.3) is 0 Å². The van der Waals surface area contributed by atoms with Crippen molar-refractivity contribution in [1.82, 2.24) is 5.32 Å². The van der Waals surface area contributed by atoms with E-state index < -0.39 is 16.9 Å². The van der Waals surface area contributed by atoms with Crippen molar-refractivity contribution in [3.8, 4) is 0 Å². The van der Waals surface area contributed by atoms with Gasteiger partial charge < -0.3 is 15.2 Å². The number of rotatable bonds is 5. The highest BCUT2D eigenvalue weighted by Gasteiger charge is 2.66. The van der Waals surface area contributed by atoms with Gasteiger partial charge in [-0.05, 0) is 44.0 Å². The molecule has 5 nitrogen and oxygen atoms in total. The molecule has 2 unspecified atom stereocenters. The Labute approximate surface area is 150 Å². The number of carbonyl (C=O) groups excluding carboxylic acids is 1. The summed E-state index contributed by atoms with van der Waals surface area (Å²) in [6.45, 7) is 9.77. The third-order valence-corrected chi connectivity index (χ3v) is 6.06. The molecule has 1 aliphatic carbocycles. The average Bonchev–Trinajstić information content (AvgIpc) is 2.49. The van der Waals surface area contributed by atoms with E-state index in [0.29, 0.717) is 12.2 Å². The minimum Gasteiger partial charge on any atom is -0.479 e. The van der Waals surface area contributed by atoms with Crippen LogP contribution < -0.4 is 5.32 Å². The maximum Gasteiger partial charge on any atom is 0.330 e. The fraction of sp³-hybridized carbons (Fsp3) is 0.556. The van der Waals surface area contributed by atoms with Gasteiger partial charge in [0.15, 0.2) is 0 Å². The Morgan fingerprint density at radius 2 is 1.96 bits per heavy atom. The quantitative estimate of drug-likeness (QED) is 0.797. The highest BCUT2D eigenvalue weighted by molar-refractivity contribution is 9.10. The molecule has 132 valence electrons. The predicted octanol–water partition coefficient (Wildman–Crippen LogP) is 3.45. The maximum absolute atomic E-state index is 12.8. The van der Waals surface area contributed by atoms with Crippen molar-refractivity contribution in [2.45, 2.75) is 52.7 Å². The number of amides is 1. The summed E-state index contributed by atoms with van der Waals surface area (Å²) in [7, 11) is 0. The molecule has 24 heavy (non-hydrogen) atoms. The van der Waals surface area contributed by atoms with Gasteiger partial charge in [-0.25, -0.2) is 4.79 Å². The lowest BCUT2D eigenvalue weighted by atomic mass is 9.54. The van der Waals surface area contributed by atoms with Crippen LogP contribution in [0.5, 0.6) is 0 Å². The standard InChI is InChI=1S/C18H24BrNO4/c1-6-24-14-9-18(16(22)23,17(14,4)5)20-15(21)12-7-11(3)13(19)8-10(12)2/h7-8,14H,6,9H2,1-5H3,(H,20,21)(H,22,23). The Hall–Kier alpha value is -1.40. The molecule has 1 aromatic rings. The molecule has 1 fully saturated rings. The Bertz CT molecular complexity index is 686. The van der Waals surface area contributed by atoms with Crippen LogP contribution in [0.3, 0.4) is 0 Å². The number of nitrogens with one attached hydrogen (secondary N) is 1. The van der Waals surface area contributed by atoms with Gasteiger partial charge in [0.2, 0.25) is 0 Å². The van der Waals surface area contributed by atoms with Crippen LogP contribution in [-0.2, 0) is 9.53 Å². The second-order valence-electron chi connectivity index (χ2n) is 6.95. The van der Waals surface area contributed by atoms with E-state index in [0.717, 1.165) is 15.6 Å². The maximum atomic E-state index is 12.8. The lowest BCUT2D eigenvalue weighted by Gasteiger charge is -2.58. The van der Waals surface area contributed by atoms with E-state index in [2.05, 4.69) is 21.2 Å². The molecule has 0 radical (unpaired) electrons. The summed E-state index contributed by atoms with van der Waals surface area (Å²) < 4.78 is 6.54. The van der Waals surface area contributed by atoms with E-state index >= 15 is 0 Å². The molecule has 0 aromatic heterocycles. The zero-order chi connectivity index (χ0) is 18.3. The first kappa shape index (κ1) is 18.9. The van der Waals surface area contributed by atoms with Gasteiger partial charge in [-0.1, -0.05) is 29.8 Å². The van der Waals surface area contributed by atoms with Gasteiger partial charge in [0, 0.05) is 28.5 Å². The largest absolute Gasteiger partial charge is 0.479 e. The number of aliphatic carboxylic acids is 1. The number of carboxylic acid groups (broad SMARTS) is 1. The third kappa shape index (κ3) is 2.86. The summed E-state index contributed by atoms with van der Waals surface area (Å²) in [4.78, 5) is 24.7. The Kier molecular flexibility index (Phi) is 5.11. The first-order chi connectivity index (χ1) is 11.1. The molecule has 2 rings (SSSR count). The van der Waals surface area contributed by atoms with Gasteiger partial charge >= 0.3 is 5.97 Å². The number of carbonyl (C=O) groups is 2. The minimum atomic E-state index is -1.32. The molecule has 2 N–H and O–H groups in total. The summed E-state index contributed by atoms with van der Waals surface area (Å²) in [6, 6.07) is 3.64. The van der Waals surface area contributed by atoms with E-state index in [-0.39, 0.29) is 18.4 Å². The first-order valence-corrected chi connectivity index (χ1v) is 8.80. The van der Waals surface area contributed by atoms with Crippen LogP contribution in [-0.4, -0.2) is 35.2 Å². The zero-order valence-corrected chi connectivity index (χ0v) is 16.3. The van der Waals surface area contributed by atoms with Gasteiger partial charge in [0.05, 0.1) is 6.10 Å². The molecule has 2 atom stereocenters. The van der Waals surface area contributed by atoms with Crippen molar-refractivity contribution in [1.29, 1.82) is 0 Å². The molecule has 0 bridgehead atoms. The zero-order valence-electron chi connectivity index (χ0n) is 14.7. The van der Waals surface area contributed by atoms with Crippen molar-refractivity contribution >= 4 is 27.8 Å². The fourth-order valence-corrected chi connectivity index (χ4v) is 3.78. The van der Waals surface area contributed by atoms with E-state index in [9.17, 15) is 14.7 Å². The van der Waals surface area contributed by atoms with Crippen molar-refractivity contribution in [3.63, 3.8) is 0 Å².